The van der Waals surface area contributed by atoms with E-state index in [9.17, 15) is 0 Å². The molecule has 4 unspecified atom stereocenters. The summed E-state index contributed by atoms with van der Waals surface area (Å²) in [5, 5.41) is 0. The van der Waals surface area contributed by atoms with E-state index in [4.69, 9.17) is 0 Å². The third-order valence-electron chi connectivity index (χ3n) is 5.92. The Hall–Kier alpha value is -0.0800. The van der Waals surface area contributed by atoms with E-state index in [-0.39, 0.29) is 0 Å². The molecule has 0 aromatic carbocycles. The highest BCUT2D eigenvalue weighted by atomic mass is 15.3. The summed E-state index contributed by atoms with van der Waals surface area (Å²) in [4.78, 5) is 5.62. The number of nitrogens with zero attached hydrogens (tertiary/aromatic N) is 2. The molecule has 0 aromatic rings. The zero-order chi connectivity index (χ0) is 12.5. The van der Waals surface area contributed by atoms with Crippen LogP contribution < -0.4 is 0 Å². The molecular formula is C16H30N2. The Morgan fingerprint density at radius 2 is 1.50 bits per heavy atom. The Morgan fingerprint density at radius 1 is 0.722 bits per heavy atom. The number of fused-ring (bicyclic) bond motifs is 1. The van der Waals surface area contributed by atoms with Crippen molar-refractivity contribution in [3.63, 3.8) is 0 Å². The van der Waals surface area contributed by atoms with Gasteiger partial charge in [-0.2, -0.15) is 0 Å². The van der Waals surface area contributed by atoms with Gasteiger partial charge < -0.3 is 0 Å². The Kier molecular flexibility index (Phi) is 3.95. The number of hydrogen-bond acceptors (Lipinski definition) is 2. The van der Waals surface area contributed by atoms with Gasteiger partial charge >= 0.3 is 0 Å². The molecule has 0 bridgehead atoms. The van der Waals surface area contributed by atoms with Gasteiger partial charge in [0, 0.05) is 18.6 Å². The number of hydrogen-bond donors (Lipinski definition) is 0. The minimum atomic E-state index is 0.891. The average Bonchev–Trinajstić information content (AvgIpc) is 2.70. The fourth-order valence-electron chi connectivity index (χ4n) is 4.42. The van der Waals surface area contributed by atoms with Crippen LogP contribution in [-0.2, 0) is 0 Å². The third-order valence-corrected chi connectivity index (χ3v) is 5.92. The average molecular weight is 250 g/mol. The second-order valence-electron chi connectivity index (χ2n) is 7.10. The van der Waals surface area contributed by atoms with Crippen LogP contribution in [0.15, 0.2) is 0 Å². The maximum Gasteiger partial charge on any atom is 0.0223 e. The highest BCUT2D eigenvalue weighted by Gasteiger charge is 2.34. The standard InChI is InChI=1S/C16H30N2/c1-13-6-7-15(11-14(13)2)18-10-4-9-17-8-3-5-16(17)12-18/h13-16H,3-12H2,1-2H3. The van der Waals surface area contributed by atoms with Gasteiger partial charge in [0.2, 0.25) is 0 Å². The van der Waals surface area contributed by atoms with Crippen molar-refractivity contribution in [3.8, 4) is 0 Å². The van der Waals surface area contributed by atoms with Crippen LogP contribution in [0, 0.1) is 11.8 Å². The lowest BCUT2D eigenvalue weighted by Crippen LogP contribution is -2.44. The molecule has 104 valence electrons. The van der Waals surface area contributed by atoms with E-state index < -0.39 is 0 Å². The normalized spacial score (nSPS) is 43.7. The summed E-state index contributed by atoms with van der Waals surface area (Å²) in [6, 6.07) is 1.79. The van der Waals surface area contributed by atoms with Crippen molar-refractivity contribution in [1.82, 2.24) is 9.80 Å². The first-order valence-electron chi connectivity index (χ1n) is 8.22. The molecule has 18 heavy (non-hydrogen) atoms. The van der Waals surface area contributed by atoms with E-state index >= 15 is 0 Å². The highest BCUT2D eigenvalue weighted by molar-refractivity contribution is 4.89. The van der Waals surface area contributed by atoms with Gasteiger partial charge in [0.1, 0.15) is 0 Å². The van der Waals surface area contributed by atoms with Crippen molar-refractivity contribution < 1.29 is 0 Å². The van der Waals surface area contributed by atoms with E-state index in [0.717, 1.165) is 23.9 Å². The molecule has 0 N–H and O–H groups in total. The van der Waals surface area contributed by atoms with E-state index in [0.29, 0.717) is 0 Å². The summed E-state index contributed by atoms with van der Waals surface area (Å²) < 4.78 is 0. The molecule has 0 spiro atoms. The first-order chi connectivity index (χ1) is 8.74. The van der Waals surface area contributed by atoms with Crippen LogP contribution in [-0.4, -0.2) is 48.1 Å². The van der Waals surface area contributed by atoms with Crippen LogP contribution in [0.5, 0.6) is 0 Å². The van der Waals surface area contributed by atoms with Crippen molar-refractivity contribution in [2.75, 3.05) is 26.2 Å². The molecule has 2 saturated heterocycles. The monoisotopic (exact) mass is 250 g/mol. The second kappa shape index (κ2) is 5.50. The molecule has 2 aliphatic heterocycles. The molecule has 1 saturated carbocycles. The predicted octanol–water partition coefficient (Wildman–Crippen LogP) is 2.98. The van der Waals surface area contributed by atoms with Crippen LogP contribution in [0.4, 0.5) is 0 Å². The van der Waals surface area contributed by atoms with Crippen LogP contribution in [0.1, 0.15) is 52.4 Å². The fraction of sp³-hybridized carbons (Fsp3) is 1.00. The van der Waals surface area contributed by atoms with Crippen molar-refractivity contribution in [3.05, 3.63) is 0 Å². The van der Waals surface area contributed by atoms with E-state index in [1.165, 1.54) is 64.7 Å². The van der Waals surface area contributed by atoms with Crippen molar-refractivity contribution in [2.24, 2.45) is 11.8 Å². The molecule has 3 rings (SSSR count). The largest absolute Gasteiger partial charge is 0.299 e. The van der Waals surface area contributed by atoms with E-state index in [1.54, 1.807) is 0 Å². The van der Waals surface area contributed by atoms with Gasteiger partial charge in [0.05, 0.1) is 0 Å². The summed E-state index contributed by atoms with van der Waals surface area (Å²) in [6.07, 6.45) is 8.66. The van der Waals surface area contributed by atoms with Gasteiger partial charge in [0.25, 0.3) is 0 Å². The van der Waals surface area contributed by atoms with Crippen LogP contribution in [0.3, 0.4) is 0 Å². The fourth-order valence-corrected chi connectivity index (χ4v) is 4.42. The van der Waals surface area contributed by atoms with Gasteiger partial charge in [-0.25, -0.2) is 0 Å². The maximum absolute atomic E-state index is 2.86. The van der Waals surface area contributed by atoms with Crippen molar-refractivity contribution >= 4 is 0 Å². The predicted molar refractivity (Wildman–Crippen MR) is 76.8 cm³/mol. The molecule has 0 radical (unpaired) electrons. The molecule has 3 aliphatic rings. The minimum Gasteiger partial charge on any atom is -0.299 e. The molecule has 4 atom stereocenters. The van der Waals surface area contributed by atoms with E-state index in [1.807, 2.05) is 0 Å². The summed E-state index contributed by atoms with van der Waals surface area (Å²) in [5.41, 5.74) is 0. The Balaban J connectivity index is 1.61. The van der Waals surface area contributed by atoms with Crippen molar-refractivity contribution in [1.29, 1.82) is 0 Å². The zero-order valence-corrected chi connectivity index (χ0v) is 12.3. The van der Waals surface area contributed by atoms with Crippen LogP contribution in [0.25, 0.3) is 0 Å². The van der Waals surface area contributed by atoms with Gasteiger partial charge in [-0.05, 0) is 70.0 Å². The Bertz CT molecular complexity index is 278. The molecule has 3 fully saturated rings. The van der Waals surface area contributed by atoms with Gasteiger partial charge in [-0.3, -0.25) is 9.80 Å². The lowest BCUT2D eigenvalue weighted by Gasteiger charge is -2.39. The first-order valence-corrected chi connectivity index (χ1v) is 8.22. The summed E-state index contributed by atoms with van der Waals surface area (Å²) in [7, 11) is 0. The molecule has 0 aromatic heterocycles. The Morgan fingerprint density at radius 3 is 2.33 bits per heavy atom. The Labute approximate surface area is 113 Å². The summed E-state index contributed by atoms with van der Waals surface area (Å²) >= 11 is 0. The van der Waals surface area contributed by atoms with Crippen LogP contribution in [0.2, 0.25) is 0 Å². The van der Waals surface area contributed by atoms with Gasteiger partial charge in [-0.1, -0.05) is 13.8 Å². The quantitative estimate of drug-likeness (QED) is 0.706. The smallest absolute Gasteiger partial charge is 0.0223 e. The summed E-state index contributed by atoms with van der Waals surface area (Å²) in [6.45, 7) is 10.4. The first kappa shape index (κ1) is 12.9. The molecule has 2 heteroatoms. The van der Waals surface area contributed by atoms with Gasteiger partial charge in [-0.15, -0.1) is 0 Å². The lowest BCUT2D eigenvalue weighted by molar-refractivity contribution is 0.101. The zero-order valence-electron chi connectivity index (χ0n) is 12.3. The second-order valence-corrected chi connectivity index (χ2v) is 7.10. The highest BCUT2D eigenvalue weighted by Crippen LogP contribution is 2.33. The van der Waals surface area contributed by atoms with Crippen molar-refractivity contribution in [2.45, 2.75) is 64.5 Å². The number of rotatable bonds is 1. The lowest BCUT2D eigenvalue weighted by atomic mass is 9.78. The third kappa shape index (κ3) is 2.60. The molecule has 1 aliphatic carbocycles. The van der Waals surface area contributed by atoms with Gasteiger partial charge in [0.15, 0.2) is 0 Å². The molecule has 0 amide bonds. The van der Waals surface area contributed by atoms with Crippen LogP contribution >= 0.6 is 0 Å². The molecule has 2 nitrogen and oxygen atoms in total. The minimum absolute atomic E-state index is 0.891. The maximum atomic E-state index is 2.86. The topological polar surface area (TPSA) is 6.48 Å². The molecular weight excluding hydrogens is 220 g/mol. The molecule has 2 heterocycles. The summed E-state index contributed by atoms with van der Waals surface area (Å²) in [5.74, 6) is 1.89. The SMILES string of the molecule is CC1CCC(N2CCCN3CCCC3C2)CC1C. The van der Waals surface area contributed by atoms with E-state index in [2.05, 4.69) is 23.6 Å².